The van der Waals surface area contributed by atoms with Crippen LogP contribution in [0.1, 0.15) is 25.0 Å². The summed E-state index contributed by atoms with van der Waals surface area (Å²) in [6.45, 7) is 4.76. The van der Waals surface area contributed by atoms with Gasteiger partial charge in [-0.15, -0.1) is 0 Å². The first-order chi connectivity index (χ1) is 36.0. The predicted octanol–water partition coefficient (Wildman–Crippen LogP) is 18.9. The van der Waals surface area contributed by atoms with Gasteiger partial charge < -0.3 is 18.5 Å². The maximum Gasteiger partial charge on any atom is 0.159 e. The second-order valence-corrected chi connectivity index (χ2v) is 20.1. The molecular formula is C69H47N3O. The molecule has 0 N–H and O–H groups in total. The second-order valence-electron chi connectivity index (χ2n) is 20.1. The van der Waals surface area contributed by atoms with Crippen LogP contribution in [0, 0.1) is 0 Å². The zero-order valence-electron chi connectivity index (χ0n) is 40.4. The Hall–Kier alpha value is -9.38. The summed E-state index contributed by atoms with van der Waals surface area (Å²) in [7, 11) is 0. The molecule has 0 spiro atoms. The van der Waals surface area contributed by atoms with Crippen LogP contribution >= 0.6 is 0 Å². The Bertz CT molecular complexity index is 4460. The summed E-state index contributed by atoms with van der Waals surface area (Å²) in [6.07, 6.45) is 0. The van der Waals surface area contributed by atoms with Crippen molar-refractivity contribution < 1.29 is 4.42 Å². The average molecular weight is 934 g/mol. The first-order valence-corrected chi connectivity index (χ1v) is 25.2. The van der Waals surface area contributed by atoms with E-state index in [1.807, 2.05) is 6.07 Å². The zero-order valence-corrected chi connectivity index (χ0v) is 40.4. The summed E-state index contributed by atoms with van der Waals surface area (Å²) >= 11 is 0. The third-order valence-corrected chi connectivity index (χ3v) is 15.7. The molecule has 0 bridgehead atoms. The number of para-hydroxylation sites is 6. The molecule has 0 aliphatic heterocycles. The number of hydrogen-bond donors (Lipinski definition) is 0. The minimum Gasteiger partial charge on any atom is -0.454 e. The highest BCUT2D eigenvalue weighted by molar-refractivity contribution is 6.12. The topological polar surface area (TPSA) is 26.2 Å². The van der Waals surface area contributed by atoms with Gasteiger partial charge in [-0.3, -0.25) is 0 Å². The number of furan rings is 1. The number of benzene rings is 11. The Morgan fingerprint density at radius 1 is 0.342 bits per heavy atom. The largest absolute Gasteiger partial charge is 0.454 e. The first-order valence-electron chi connectivity index (χ1n) is 25.2. The van der Waals surface area contributed by atoms with Crippen molar-refractivity contribution in [2.24, 2.45) is 0 Å². The average Bonchev–Trinajstić information content (AvgIpc) is 4.16. The molecular weight excluding hydrogens is 887 g/mol. The number of aromatic nitrogens is 2. The van der Waals surface area contributed by atoms with Crippen LogP contribution < -0.4 is 4.90 Å². The van der Waals surface area contributed by atoms with Crippen molar-refractivity contribution >= 4 is 82.6 Å². The highest BCUT2D eigenvalue weighted by Gasteiger charge is 2.37. The van der Waals surface area contributed by atoms with Gasteiger partial charge in [-0.1, -0.05) is 172 Å². The van der Waals surface area contributed by atoms with Gasteiger partial charge in [-0.25, -0.2) is 0 Å². The number of fused-ring (bicyclic) bond motifs is 12. The Morgan fingerprint density at radius 2 is 0.836 bits per heavy atom. The molecule has 0 saturated heterocycles. The maximum atomic E-state index is 6.76. The van der Waals surface area contributed by atoms with E-state index < -0.39 is 0 Å². The second kappa shape index (κ2) is 15.8. The molecule has 4 heteroatoms. The van der Waals surface area contributed by atoms with Crippen molar-refractivity contribution in [3.63, 3.8) is 0 Å². The molecule has 0 radical (unpaired) electrons. The van der Waals surface area contributed by atoms with E-state index in [2.05, 4.69) is 271 Å². The van der Waals surface area contributed by atoms with Gasteiger partial charge in [-0.05, 0) is 136 Å². The highest BCUT2D eigenvalue weighted by atomic mass is 16.3. The molecule has 73 heavy (non-hydrogen) atoms. The van der Waals surface area contributed by atoms with Crippen LogP contribution in [0.2, 0.25) is 0 Å². The molecule has 0 saturated carbocycles. The summed E-state index contributed by atoms with van der Waals surface area (Å²) in [6, 6.07) is 90.8. The summed E-state index contributed by atoms with van der Waals surface area (Å²) in [5.74, 6) is 0. The molecule has 0 amide bonds. The van der Waals surface area contributed by atoms with E-state index >= 15 is 0 Å². The lowest BCUT2D eigenvalue weighted by Crippen LogP contribution is -2.17. The standard InChI is InChI=1S/C69H47N3O/c1-69(2)60-42-50(36-38-52(60)53-39-37-51(43-61(53)69)72-62-22-10-6-17-54(62)55-18-7-11-23-63(55)72)70(66-25-14-21-58-57-20-9-13-26-67(57)73-68(58)66)49-34-31-45(32-35-49)44-27-29-46(30-28-44)47-33-40-65-59(41-47)56-19-8-12-24-64(56)71(65)48-15-4-3-5-16-48/h3-43H,1-2H3. The quantitative estimate of drug-likeness (QED) is 0.159. The molecule has 1 aliphatic rings. The zero-order chi connectivity index (χ0) is 48.4. The Morgan fingerprint density at radius 3 is 1.52 bits per heavy atom. The van der Waals surface area contributed by atoms with Crippen LogP contribution in [0.4, 0.5) is 17.1 Å². The number of nitrogens with zero attached hydrogens (tertiary/aromatic N) is 3. The molecule has 15 rings (SSSR count). The lowest BCUT2D eigenvalue weighted by Gasteiger charge is -2.28. The Kier molecular flexibility index (Phi) is 8.97. The van der Waals surface area contributed by atoms with E-state index in [0.29, 0.717) is 0 Å². The number of anilines is 3. The summed E-state index contributed by atoms with van der Waals surface area (Å²) < 4.78 is 11.6. The fourth-order valence-electron chi connectivity index (χ4n) is 12.2. The van der Waals surface area contributed by atoms with Gasteiger partial charge in [0.1, 0.15) is 5.58 Å². The maximum absolute atomic E-state index is 6.76. The monoisotopic (exact) mass is 933 g/mol. The minimum absolute atomic E-state index is 0.269. The molecule has 0 unspecified atom stereocenters. The van der Waals surface area contributed by atoms with E-state index in [4.69, 9.17) is 4.42 Å². The molecule has 3 heterocycles. The van der Waals surface area contributed by atoms with Crippen LogP contribution in [-0.4, -0.2) is 9.13 Å². The third kappa shape index (κ3) is 6.27. The SMILES string of the molecule is CC1(C)c2cc(N(c3ccc(-c4ccc(-c5ccc6c(c5)c5ccccc5n6-c5ccccc5)cc4)cc3)c3cccc4c3oc3ccccc34)ccc2-c2ccc(-n3c4ccccc4c4ccccc43)cc21. The van der Waals surface area contributed by atoms with E-state index in [1.54, 1.807) is 0 Å². The lowest BCUT2D eigenvalue weighted by molar-refractivity contribution is 0.660. The lowest BCUT2D eigenvalue weighted by atomic mass is 9.82. The molecule has 344 valence electrons. The summed E-state index contributed by atoms with van der Waals surface area (Å²) in [4.78, 5) is 2.38. The number of rotatable bonds is 7. The van der Waals surface area contributed by atoms with Crippen LogP contribution in [0.5, 0.6) is 0 Å². The van der Waals surface area contributed by atoms with E-state index in [9.17, 15) is 0 Å². The highest BCUT2D eigenvalue weighted by Crippen LogP contribution is 2.52. The van der Waals surface area contributed by atoms with Crippen molar-refractivity contribution in [3.8, 4) is 44.8 Å². The summed E-state index contributed by atoms with van der Waals surface area (Å²) in [5, 5.41) is 7.25. The van der Waals surface area contributed by atoms with Gasteiger partial charge in [0, 0.05) is 60.5 Å². The Labute approximate surface area is 422 Å². The van der Waals surface area contributed by atoms with Crippen molar-refractivity contribution in [3.05, 3.63) is 260 Å². The van der Waals surface area contributed by atoms with Gasteiger partial charge in [0.15, 0.2) is 5.58 Å². The van der Waals surface area contributed by atoms with Crippen LogP contribution in [0.15, 0.2) is 253 Å². The third-order valence-electron chi connectivity index (χ3n) is 15.7. The molecule has 0 fully saturated rings. The fourth-order valence-corrected chi connectivity index (χ4v) is 12.2. The van der Waals surface area contributed by atoms with Gasteiger partial charge in [0.2, 0.25) is 0 Å². The van der Waals surface area contributed by atoms with Crippen molar-refractivity contribution in [2.45, 2.75) is 19.3 Å². The molecule has 11 aromatic carbocycles. The van der Waals surface area contributed by atoms with Crippen molar-refractivity contribution in [1.29, 1.82) is 0 Å². The van der Waals surface area contributed by atoms with Gasteiger partial charge >= 0.3 is 0 Å². The molecule has 14 aromatic rings. The molecule has 4 nitrogen and oxygen atoms in total. The molecule has 3 aromatic heterocycles. The van der Waals surface area contributed by atoms with Gasteiger partial charge in [0.25, 0.3) is 0 Å². The van der Waals surface area contributed by atoms with E-state index in [0.717, 1.165) is 44.6 Å². The smallest absolute Gasteiger partial charge is 0.159 e. The van der Waals surface area contributed by atoms with Gasteiger partial charge in [0.05, 0.1) is 27.8 Å². The Balaban J connectivity index is 0.803. The normalized spacial score (nSPS) is 12.9. The van der Waals surface area contributed by atoms with Crippen molar-refractivity contribution in [1.82, 2.24) is 9.13 Å². The number of hydrogen-bond acceptors (Lipinski definition) is 2. The van der Waals surface area contributed by atoms with Gasteiger partial charge in [-0.2, -0.15) is 0 Å². The fraction of sp³-hybridized carbons (Fsp3) is 0.0435. The predicted molar refractivity (Wildman–Crippen MR) is 306 cm³/mol. The molecule has 1 aliphatic carbocycles. The van der Waals surface area contributed by atoms with Crippen LogP contribution in [0.25, 0.3) is 110 Å². The molecule has 0 atom stereocenters. The van der Waals surface area contributed by atoms with E-state index in [-0.39, 0.29) is 5.41 Å². The van der Waals surface area contributed by atoms with E-state index in [1.165, 1.54) is 93.9 Å². The van der Waals surface area contributed by atoms with Crippen LogP contribution in [0.3, 0.4) is 0 Å². The van der Waals surface area contributed by atoms with Crippen LogP contribution in [-0.2, 0) is 5.41 Å². The van der Waals surface area contributed by atoms with Crippen molar-refractivity contribution in [2.75, 3.05) is 4.90 Å². The summed E-state index contributed by atoms with van der Waals surface area (Å²) in [5.41, 5.74) is 21.7. The minimum atomic E-state index is -0.269. The first kappa shape index (κ1) is 41.4.